The normalized spacial score (nSPS) is 24.7. The van der Waals surface area contributed by atoms with Crippen LogP contribution in [0, 0.1) is 11.8 Å². The molecule has 1 aliphatic rings. The van der Waals surface area contributed by atoms with E-state index in [1.54, 1.807) is 13.8 Å². The van der Waals surface area contributed by atoms with Crippen molar-refractivity contribution in [2.24, 2.45) is 11.8 Å². The standard InChI is InChI=1S/C15H26O3/c1-10(6-8-14(17)15(3,4)18)12-7-5-11(2)13(16)9-12/h5,10,12,14,17-18H,6-9H2,1-4H3. The molecule has 0 bridgehead atoms. The van der Waals surface area contributed by atoms with Crippen LogP contribution in [0.5, 0.6) is 0 Å². The van der Waals surface area contributed by atoms with Crippen molar-refractivity contribution in [2.75, 3.05) is 0 Å². The van der Waals surface area contributed by atoms with Crippen molar-refractivity contribution < 1.29 is 15.0 Å². The molecule has 0 heterocycles. The molecule has 0 saturated heterocycles. The molecular formula is C15H26O3. The lowest BCUT2D eigenvalue weighted by molar-refractivity contribution is -0.117. The summed E-state index contributed by atoms with van der Waals surface area (Å²) < 4.78 is 0. The summed E-state index contributed by atoms with van der Waals surface area (Å²) in [6, 6.07) is 0. The van der Waals surface area contributed by atoms with Crippen LogP contribution in [0.3, 0.4) is 0 Å². The second-order valence-corrected chi connectivity index (χ2v) is 6.23. The van der Waals surface area contributed by atoms with E-state index >= 15 is 0 Å². The third-order valence-electron chi connectivity index (χ3n) is 4.13. The maximum absolute atomic E-state index is 11.6. The second kappa shape index (κ2) is 5.98. The number of hydrogen-bond donors (Lipinski definition) is 2. The number of rotatable bonds is 5. The minimum absolute atomic E-state index is 0.251. The molecule has 18 heavy (non-hydrogen) atoms. The Morgan fingerprint density at radius 2 is 2.06 bits per heavy atom. The summed E-state index contributed by atoms with van der Waals surface area (Å²) in [5.74, 6) is 1.03. The lowest BCUT2D eigenvalue weighted by Crippen LogP contribution is -2.36. The first-order valence-electron chi connectivity index (χ1n) is 6.82. The minimum atomic E-state index is -1.04. The van der Waals surface area contributed by atoms with Gasteiger partial charge in [0.15, 0.2) is 5.78 Å². The van der Waals surface area contributed by atoms with E-state index in [4.69, 9.17) is 0 Å². The summed E-state index contributed by atoms with van der Waals surface area (Å²) in [5, 5.41) is 19.5. The smallest absolute Gasteiger partial charge is 0.158 e. The molecule has 3 atom stereocenters. The number of ketones is 1. The molecule has 104 valence electrons. The van der Waals surface area contributed by atoms with Gasteiger partial charge in [-0.3, -0.25) is 4.79 Å². The SMILES string of the molecule is CC1=CCC(C(C)CCC(O)C(C)(C)O)CC1=O. The lowest BCUT2D eigenvalue weighted by atomic mass is 9.78. The average Bonchev–Trinajstić information content (AvgIpc) is 2.27. The zero-order valence-electron chi connectivity index (χ0n) is 11.9. The molecule has 3 unspecified atom stereocenters. The topological polar surface area (TPSA) is 57.5 Å². The van der Waals surface area contributed by atoms with Crippen molar-refractivity contribution in [1.29, 1.82) is 0 Å². The van der Waals surface area contributed by atoms with E-state index in [0.717, 1.165) is 18.4 Å². The van der Waals surface area contributed by atoms with E-state index in [-0.39, 0.29) is 5.78 Å². The van der Waals surface area contributed by atoms with Gasteiger partial charge in [-0.2, -0.15) is 0 Å². The fraction of sp³-hybridized carbons (Fsp3) is 0.800. The van der Waals surface area contributed by atoms with Gasteiger partial charge < -0.3 is 10.2 Å². The van der Waals surface area contributed by atoms with Crippen LogP contribution in [-0.2, 0) is 4.79 Å². The van der Waals surface area contributed by atoms with E-state index in [2.05, 4.69) is 6.92 Å². The molecule has 0 spiro atoms. The molecule has 3 nitrogen and oxygen atoms in total. The first kappa shape index (κ1) is 15.4. The Hall–Kier alpha value is -0.670. The fourth-order valence-electron chi connectivity index (χ4n) is 2.37. The van der Waals surface area contributed by atoms with E-state index in [1.165, 1.54) is 0 Å². The minimum Gasteiger partial charge on any atom is -0.390 e. The first-order valence-corrected chi connectivity index (χ1v) is 6.82. The molecule has 3 heteroatoms. The van der Waals surface area contributed by atoms with Crippen LogP contribution >= 0.6 is 0 Å². The lowest BCUT2D eigenvalue weighted by Gasteiger charge is -2.29. The number of allylic oxidation sites excluding steroid dienone is 2. The molecule has 0 aliphatic heterocycles. The Bertz CT molecular complexity index is 325. The van der Waals surface area contributed by atoms with Crippen LogP contribution in [0.15, 0.2) is 11.6 Å². The molecule has 0 aromatic rings. The Balaban J connectivity index is 2.43. The Labute approximate surface area is 110 Å². The van der Waals surface area contributed by atoms with E-state index < -0.39 is 11.7 Å². The summed E-state index contributed by atoms with van der Waals surface area (Å²) in [5.41, 5.74) is -0.159. The van der Waals surface area contributed by atoms with Crippen molar-refractivity contribution in [3.63, 3.8) is 0 Å². The molecule has 0 aromatic carbocycles. The van der Waals surface area contributed by atoms with Gasteiger partial charge in [0.1, 0.15) is 0 Å². The van der Waals surface area contributed by atoms with Crippen LogP contribution in [0.25, 0.3) is 0 Å². The van der Waals surface area contributed by atoms with Gasteiger partial charge in [0.05, 0.1) is 11.7 Å². The zero-order chi connectivity index (χ0) is 13.9. The quantitative estimate of drug-likeness (QED) is 0.792. The van der Waals surface area contributed by atoms with Crippen LogP contribution in [-0.4, -0.2) is 27.7 Å². The summed E-state index contributed by atoms with van der Waals surface area (Å²) in [4.78, 5) is 11.6. The summed E-state index contributed by atoms with van der Waals surface area (Å²) >= 11 is 0. The second-order valence-electron chi connectivity index (χ2n) is 6.23. The predicted molar refractivity (Wildman–Crippen MR) is 72.2 cm³/mol. The first-order chi connectivity index (χ1) is 8.21. The molecule has 1 aliphatic carbocycles. The van der Waals surface area contributed by atoms with Crippen LogP contribution in [0.1, 0.15) is 53.4 Å². The number of aliphatic hydroxyl groups is 2. The van der Waals surface area contributed by atoms with Crippen LogP contribution in [0.2, 0.25) is 0 Å². The molecular weight excluding hydrogens is 228 g/mol. The van der Waals surface area contributed by atoms with Gasteiger partial charge in [0, 0.05) is 6.42 Å². The maximum atomic E-state index is 11.6. The highest BCUT2D eigenvalue weighted by Crippen LogP contribution is 2.30. The Morgan fingerprint density at radius 3 is 2.56 bits per heavy atom. The largest absolute Gasteiger partial charge is 0.390 e. The van der Waals surface area contributed by atoms with Gasteiger partial charge in [0.25, 0.3) is 0 Å². The average molecular weight is 254 g/mol. The Kier molecular flexibility index (Phi) is 5.11. The molecule has 1 rings (SSSR count). The molecule has 2 N–H and O–H groups in total. The van der Waals surface area contributed by atoms with Gasteiger partial charge >= 0.3 is 0 Å². The van der Waals surface area contributed by atoms with Crippen LogP contribution < -0.4 is 0 Å². The van der Waals surface area contributed by atoms with Gasteiger partial charge in [0.2, 0.25) is 0 Å². The number of Topliss-reactive ketones (excluding diaryl/α,β-unsaturated/α-hetero) is 1. The predicted octanol–water partition coefficient (Wildman–Crippen LogP) is 2.46. The third-order valence-corrected chi connectivity index (χ3v) is 4.13. The van der Waals surface area contributed by atoms with Gasteiger partial charge in [-0.25, -0.2) is 0 Å². The van der Waals surface area contributed by atoms with Crippen molar-refractivity contribution in [1.82, 2.24) is 0 Å². The third kappa shape index (κ3) is 4.21. The van der Waals surface area contributed by atoms with Gasteiger partial charge in [-0.1, -0.05) is 13.0 Å². The summed E-state index contributed by atoms with van der Waals surface area (Å²) in [6.45, 7) is 7.25. The Morgan fingerprint density at radius 1 is 1.44 bits per heavy atom. The summed E-state index contributed by atoms with van der Waals surface area (Å²) in [7, 11) is 0. The van der Waals surface area contributed by atoms with Crippen LogP contribution in [0.4, 0.5) is 0 Å². The molecule has 0 radical (unpaired) electrons. The summed E-state index contributed by atoms with van der Waals surface area (Å²) in [6.07, 6.45) is 4.34. The molecule has 0 saturated carbocycles. The molecule has 0 fully saturated rings. The highest BCUT2D eigenvalue weighted by Gasteiger charge is 2.28. The maximum Gasteiger partial charge on any atom is 0.158 e. The van der Waals surface area contributed by atoms with Crippen molar-refractivity contribution in [3.8, 4) is 0 Å². The van der Waals surface area contributed by atoms with Crippen molar-refractivity contribution in [3.05, 3.63) is 11.6 Å². The van der Waals surface area contributed by atoms with Gasteiger partial charge in [-0.05, 0) is 57.4 Å². The highest BCUT2D eigenvalue weighted by atomic mass is 16.3. The van der Waals surface area contributed by atoms with E-state index in [9.17, 15) is 15.0 Å². The number of aliphatic hydroxyl groups excluding tert-OH is 1. The number of carbonyl (C=O) groups is 1. The van der Waals surface area contributed by atoms with E-state index in [0.29, 0.717) is 24.7 Å². The molecule has 0 aromatic heterocycles. The monoisotopic (exact) mass is 254 g/mol. The van der Waals surface area contributed by atoms with E-state index in [1.807, 2.05) is 13.0 Å². The highest BCUT2D eigenvalue weighted by molar-refractivity contribution is 5.95. The van der Waals surface area contributed by atoms with Gasteiger partial charge in [-0.15, -0.1) is 0 Å². The van der Waals surface area contributed by atoms with Crippen molar-refractivity contribution >= 4 is 5.78 Å². The fourth-order valence-corrected chi connectivity index (χ4v) is 2.37. The number of hydrogen-bond acceptors (Lipinski definition) is 3. The molecule has 0 amide bonds. The van der Waals surface area contributed by atoms with Crippen molar-refractivity contribution in [2.45, 2.75) is 65.1 Å². The number of carbonyl (C=O) groups excluding carboxylic acids is 1. The zero-order valence-corrected chi connectivity index (χ0v) is 11.9.